The van der Waals surface area contributed by atoms with Gasteiger partial charge in [-0.15, -0.1) is 0 Å². The lowest BCUT2D eigenvalue weighted by Gasteiger charge is -2.17. The summed E-state index contributed by atoms with van der Waals surface area (Å²) >= 11 is 36.1. The first-order chi connectivity index (χ1) is 53.6. The van der Waals surface area contributed by atoms with Gasteiger partial charge in [0.05, 0.1) is 61.8 Å². The number of nitrogens with zero attached hydrogens (tertiary/aromatic N) is 4. The maximum absolute atomic E-state index is 12.6. The highest BCUT2D eigenvalue weighted by Gasteiger charge is 2.27. The van der Waals surface area contributed by atoms with E-state index < -0.39 is 9.84 Å². The first-order valence-electron chi connectivity index (χ1n) is 35.9. The maximum atomic E-state index is 12.6. The standard InChI is InChI=1S/C18H20Cl2O3S.C18H18ClNO.2C17H17ClN2O2.C17H16ClNO3/c1-12(2)11-24(21,22)18-8-14(10-23-3)16(9-17(18)20)13-4-6-15(19)7-5-13;1-21-12-15-11-14(18-3-2-10-20-18)6-9-17(15)13-4-7-16(19)8-5-13;1-21-11-13-10-15(20-17-19-8-9-22-17)6-7-16(13)12-2-4-14(18)5-3-12;1-22-11-13-10-15(20-9-8-19-17(20)21)6-7-16(13)12-2-4-14(18)5-3-12;1-21-11-13-10-15(19-8-9-22-17(19)20)6-7-16(13)12-2-4-14(18)5-3-12/h4-9,12H,10-11H2,1-3H3;4-9,11H,2-3,10,12H2,1H3;2-7,10H,8-9,11H2,1H3,(H,19,20);2-7,10H,8-9,11H2,1H3,(H,19,21);2-7,10H,8-9,11H2,1H3. The highest BCUT2D eigenvalue weighted by molar-refractivity contribution is 7.91. The van der Waals surface area contributed by atoms with Crippen molar-refractivity contribution in [2.45, 2.75) is 64.6 Å². The summed E-state index contributed by atoms with van der Waals surface area (Å²) in [4.78, 5) is 35.8. The topological polar surface area (TPSA) is 188 Å². The summed E-state index contributed by atoms with van der Waals surface area (Å²) in [5.74, 6) is 0.0762. The molecule has 580 valence electrons. The summed E-state index contributed by atoms with van der Waals surface area (Å²) in [6.45, 7) is 10.8. The van der Waals surface area contributed by atoms with Crippen LogP contribution in [-0.4, -0.2) is 120 Å². The lowest BCUT2D eigenvalue weighted by atomic mass is 9.96. The number of sulfone groups is 1. The Hall–Kier alpha value is -8.83. The number of urea groups is 1. The lowest BCUT2D eigenvalue weighted by molar-refractivity contribution is 0.181. The number of methoxy groups -OCH3 is 5. The Balaban J connectivity index is 0.000000147. The van der Waals surface area contributed by atoms with Gasteiger partial charge in [-0.25, -0.2) is 23.0 Å². The molecular weight excluding hydrogens is 1550 g/mol. The van der Waals surface area contributed by atoms with E-state index in [1.807, 2.05) is 166 Å². The minimum atomic E-state index is -3.45. The molecule has 4 heterocycles. The Morgan fingerprint density at radius 3 is 1.26 bits per heavy atom. The zero-order valence-corrected chi connectivity index (χ0v) is 68.1. The predicted octanol–water partition coefficient (Wildman–Crippen LogP) is 21.7. The summed E-state index contributed by atoms with van der Waals surface area (Å²) in [5.41, 5.74) is 20.8. The molecule has 3 amide bonds. The van der Waals surface area contributed by atoms with Crippen LogP contribution in [0.2, 0.25) is 30.1 Å². The molecule has 10 aromatic rings. The predicted molar refractivity (Wildman–Crippen MR) is 452 cm³/mol. The number of hydrogen-bond acceptors (Lipinski definition) is 14. The van der Waals surface area contributed by atoms with Crippen molar-refractivity contribution in [3.63, 3.8) is 0 Å². The molecule has 2 fully saturated rings. The fraction of sp³-hybridized carbons (Fsp3) is 0.264. The first-order valence-corrected chi connectivity index (χ1v) is 39.9. The fourth-order valence-corrected chi connectivity index (χ4v) is 15.8. The van der Waals surface area contributed by atoms with E-state index in [-0.39, 0.29) is 33.7 Å². The summed E-state index contributed by atoms with van der Waals surface area (Å²) in [7, 11) is 4.87. The van der Waals surface area contributed by atoms with E-state index in [2.05, 4.69) is 51.0 Å². The SMILES string of the molecule is COCc1cc(C2=NCCC2)ccc1-c1ccc(Cl)cc1.COCc1cc(N2CCNC2=O)ccc1-c1ccc(Cl)cc1.COCc1cc(N2CCOC2=O)ccc1-c1ccc(Cl)cc1.COCc1cc(NC2=NCCO2)ccc1-c1ccc(Cl)cc1.COCc1cc(S(=O)(=O)CC(C)C)c(Cl)cc1-c1ccc(Cl)cc1. The van der Waals surface area contributed by atoms with Crippen LogP contribution in [-0.2, 0) is 76.0 Å². The van der Waals surface area contributed by atoms with E-state index in [4.69, 9.17) is 103 Å². The molecule has 24 heteroatoms. The maximum Gasteiger partial charge on any atom is 0.414 e. The molecule has 0 radical (unpaired) electrons. The fourth-order valence-electron chi connectivity index (χ4n) is 12.9. The molecule has 0 spiro atoms. The number of amidine groups is 1. The van der Waals surface area contributed by atoms with Gasteiger partial charge in [-0.2, -0.15) is 0 Å². The number of cyclic esters (lactones) is 1. The van der Waals surface area contributed by atoms with E-state index in [0.717, 1.165) is 119 Å². The quantitative estimate of drug-likeness (QED) is 0.0654. The molecule has 17 nitrogen and oxygen atoms in total. The molecule has 111 heavy (non-hydrogen) atoms. The third-order valence-electron chi connectivity index (χ3n) is 18.0. The molecule has 4 aliphatic rings. The number of rotatable bonds is 22. The third-order valence-corrected chi connectivity index (χ3v) is 21.8. The second-order valence-electron chi connectivity index (χ2n) is 26.5. The summed E-state index contributed by atoms with van der Waals surface area (Å²) in [5, 5.41) is 9.74. The first kappa shape index (κ1) is 84.6. The molecule has 0 unspecified atom stereocenters. The Labute approximate surface area is 680 Å². The van der Waals surface area contributed by atoms with E-state index in [0.29, 0.717) is 93.5 Å². The van der Waals surface area contributed by atoms with Crippen molar-refractivity contribution >= 4 is 120 Å². The van der Waals surface area contributed by atoms with Gasteiger partial charge in [0.15, 0.2) is 9.84 Å². The molecule has 0 atom stereocenters. The van der Waals surface area contributed by atoms with Gasteiger partial charge in [0.25, 0.3) is 6.02 Å². The number of carbonyl (C=O) groups excluding carboxylic acids is 2. The second kappa shape index (κ2) is 41.6. The van der Waals surface area contributed by atoms with Crippen LogP contribution >= 0.6 is 69.6 Å². The summed E-state index contributed by atoms with van der Waals surface area (Å²) < 4.78 is 62.0. The summed E-state index contributed by atoms with van der Waals surface area (Å²) in [6, 6.07) is 66.8. The number of halogens is 6. The minimum absolute atomic E-state index is 0.0212. The number of benzene rings is 10. The van der Waals surface area contributed by atoms with Gasteiger partial charge in [0, 0.05) is 103 Å². The number of amides is 3. The monoisotopic (exact) mass is 1630 g/mol. The molecule has 14 rings (SSSR count). The molecule has 10 aromatic carbocycles. The zero-order valence-electron chi connectivity index (χ0n) is 62.8. The van der Waals surface area contributed by atoms with Crippen LogP contribution in [0, 0.1) is 5.92 Å². The molecule has 0 aliphatic carbocycles. The number of ether oxygens (including phenoxy) is 7. The van der Waals surface area contributed by atoms with Gasteiger partial charge in [-0.05, 0) is 223 Å². The van der Waals surface area contributed by atoms with E-state index in [9.17, 15) is 18.0 Å². The van der Waals surface area contributed by atoms with Crippen molar-refractivity contribution in [1.29, 1.82) is 0 Å². The highest BCUT2D eigenvalue weighted by Crippen LogP contribution is 2.37. The van der Waals surface area contributed by atoms with Crippen LogP contribution in [0.5, 0.6) is 0 Å². The normalized spacial score (nSPS) is 13.6. The number of hydrogen-bond donors (Lipinski definition) is 2. The van der Waals surface area contributed by atoms with Gasteiger partial charge in [-0.1, -0.05) is 174 Å². The third kappa shape index (κ3) is 23.6. The Morgan fingerprint density at radius 1 is 0.450 bits per heavy atom. The average Bonchev–Trinajstić information content (AvgIpc) is 1.65. The number of aliphatic imine (C=N–C) groups is 2. The van der Waals surface area contributed by atoms with Gasteiger partial charge < -0.3 is 43.8 Å². The van der Waals surface area contributed by atoms with Crippen LogP contribution in [0.3, 0.4) is 0 Å². The van der Waals surface area contributed by atoms with Crippen molar-refractivity contribution in [1.82, 2.24) is 5.32 Å². The van der Waals surface area contributed by atoms with Crippen LogP contribution in [0.4, 0.5) is 26.7 Å². The van der Waals surface area contributed by atoms with Crippen LogP contribution in [0.1, 0.15) is 60.1 Å². The van der Waals surface area contributed by atoms with Gasteiger partial charge >= 0.3 is 12.1 Å². The largest absolute Gasteiger partial charge is 0.463 e. The van der Waals surface area contributed by atoms with Crippen LogP contribution in [0.25, 0.3) is 55.6 Å². The molecular formula is C87H88Cl6N6O11S. The molecule has 4 aliphatic heterocycles. The number of carbonyl (C=O) groups is 2. The molecule has 0 bridgehead atoms. The van der Waals surface area contributed by atoms with Crippen molar-refractivity contribution < 1.29 is 51.2 Å². The highest BCUT2D eigenvalue weighted by atomic mass is 35.5. The lowest BCUT2D eigenvalue weighted by Crippen LogP contribution is -2.27. The molecule has 0 aromatic heterocycles. The molecule has 2 N–H and O–H groups in total. The zero-order chi connectivity index (χ0) is 79.0. The molecule has 2 saturated heterocycles. The van der Waals surface area contributed by atoms with Crippen molar-refractivity contribution in [3.8, 4) is 55.6 Å². The number of anilines is 3. The molecule has 0 saturated carbocycles. The van der Waals surface area contributed by atoms with E-state index in [1.54, 1.807) is 69.6 Å². The van der Waals surface area contributed by atoms with Crippen molar-refractivity contribution in [2.75, 3.05) is 102 Å². The Bertz CT molecular complexity index is 4860. The van der Waals surface area contributed by atoms with Gasteiger partial charge in [-0.3, -0.25) is 14.8 Å². The van der Waals surface area contributed by atoms with Gasteiger partial charge in [0.2, 0.25) is 0 Å². The second-order valence-corrected chi connectivity index (χ2v) is 31.1. The average molecular weight is 1640 g/mol. The van der Waals surface area contributed by atoms with Crippen LogP contribution in [0.15, 0.2) is 221 Å². The summed E-state index contributed by atoms with van der Waals surface area (Å²) in [6.07, 6.45) is 1.93. The Kier molecular flexibility index (Phi) is 31.7. The van der Waals surface area contributed by atoms with E-state index in [1.165, 1.54) is 22.4 Å². The van der Waals surface area contributed by atoms with Crippen molar-refractivity contribution in [3.05, 3.63) is 270 Å². The minimum Gasteiger partial charge on any atom is -0.463 e. The number of nitrogens with one attached hydrogen (secondary N) is 2. The van der Waals surface area contributed by atoms with Gasteiger partial charge in [0.1, 0.15) is 13.2 Å². The van der Waals surface area contributed by atoms with Crippen LogP contribution < -0.4 is 20.4 Å². The smallest absolute Gasteiger partial charge is 0.414 e. The van der Waals surface area contributed by atoms with E-state index >= 15 is 0 Å². The van der Waals surface area contributed by atoms with Crippen molar-refractivity contribution in [2.24, 2.45) is 15.9 Å². The Morgan fingerprint density at radius 2 is 0.865 bits per heavy atom.